The summed E-state index contributed by atoms with van der Waals surface area (Å²) in [4.78, 5) is 2.07. The smallest absolute Gasteiger partial charge is 0.125 e. The minimum absolute atomic E-state index is 0.577. The zero-order valence-electron chi connectivity index (χ0n) is 11.8. The second-order valence-electron chi connectivity index (χ2n) is 4.33. The van der Waals surface area contributed by atoms with Crippen LogP contribution in [0.15, 0.2) is 52.3 Å². The van der Waals surface area contributed by atoms with Crippen molar-refractivity contribution in [1.29, 1.82) is 0 Å². The molecule has 1 atom stereocenters. The highest BCUT2D eigenvalue weighted by atomic mass is 32.2. The summed E-state index contributed by atoms with van der Waals surface area (Å²) in [6.45, 7) is 1.75. The Morgan fingerprint density at radius 2 is 1.70 bits per heavy atom. The highest BCUT2D eigenvalue weighted by Gasteiger charge is 2.14. The molecule has 0 fully saturated rings. The van der Waals surface area contributed by atoms with Crippen LogP contribution in [-0.4, -0.2) is 19.3 Å². The second-order valence-corrected chi connectivity index (χ2v) is 5.44. The molecule has 2 rings (SSSR count). The second kappa shape index (κ2) is 6.68. The van der Waals surface area contributed by atoms with Crippen LogP contribution in [-0.2, 0) is 0 Å². The van der Waals surface area contributed by atoms with Crippen LogP contribution in [0.2, 0.25) is 0 Å². The fraction of sp³-hybridized carbons (Fsp3) is 0.250. The Bertz CT molecular complexity index is 564. The van der Waals surface area contributed by atoms with E-state index in [9.17, 15) is 5.11 Å². The number of ether oxygens (including phenoxy) is 2. The molecule has 0 aliphatic carbocycles. The molecule has 0 aromatic heterocycles. The van der Waals surface area contributed by atoms with Crippen molar-refractivity contribution >= 4 is 11.8 Å². The molecule has 0 spiro atoms. The third-order valence-electron chi connectivity index (χ3n) is 2.95. The summed E-state index contributed by atoms with van der Waals surface area (Å²) in [5.74, 6) is 1.54. The van der Waals surface area contributed by atoms with E-state index in [0.717, 1.165) is 21.1 Å². The SMILES string of the molecule is COc1ccc(Sc2cccc(OC)c2[C@@H](C)O)cc1. The van der Waals surface area contributed by atoms with E-state index in [-0.39, 0.29) is 0 Å². The molecule has 2 aromatic rings. The lowest BCUT2D eigenvalue weighted by Crippen LogP contribution is -1.98. The molecular formula is C16H18O3S. The molecule has 0 unspecified atom stereocenters. The van der Waals surface area contributed by atoms with Crippen LogP contribution in [0, 0.1) is 0 Å². The van der Waals surface area contributed by atoms with E-state index in [1.54, 1.807) is 32.9 Å². The van der Waals surface area contributed by atoms with Crippen molar-refractivity contribution in [2.24, 2.45) is 0 Å². The fourth-order valence-electron chi connectivity index (χ4n) is 1.97. The largest absolute Gasteiger partial charge is 0.497 e. The van der Waals surface area contributed by atoms with Gasteiger partial charge in [0.2, 0.25) is 0 Å². The lowest BCUT2D eigenvalue weighted by Gasteiger charge is -2.15. The highest BCUT2D eigenvalue weighted by Crippen LogP contribution is 2.38. The molecule has 3 nitrogen and oxygen atoms in total. The predicted octanol–water partition coefficient (Wildman–Crippen LogP) is 3.91. The monoisotopic (exact) mass is 290 g/mol. The van der Waals surface area contributed by atoms with Gasteiger partial charge in [0.15, 0.2) is 0 Å². The maximum Gasteiger partial charge on any atom is 0.125 e. The molecule has 0 aliphatic rings. The molecule has 20 heavy (non-hydrogen) atoms. The molecule has 0 aliphatic heterocycles. The van der Waals surface area contributed by atoms with Gasteiger partial charge in [-0.15, -0.1) is 0 Å². The highest BCUT2D eigenvalue weighted by molar-refractivity contribution is 7.99. The summed E-state index contributed by atoms with van der Waals surface area (Å²) in [6.07, 6.45) is -0.577. The number of aliphatic hydroxyl groups excluding tert-OH is 1. The summed E-state index contributed by atoms with van der Waals surface area (Å²) in [5, 5.41) is 9.96. The maximum absolute atomic E-state index is 9.96. The zero-order chi connectivity index (χ0) is 14.5. The van der Waals surface area contributed by atoms with E-state index in [1.807, 2.05) is 42.5 Å². The van der Waals surface area contributed by atoms with Crippen molar-refractivity contribution in [3.05, 3.63) is 48.0 Å². The van der Waals surface area contributed by atoms with Gasteiger partial charge in [-0.25, -0.2) is 0 Å². The molecule has 0 bridgehead atoms. The number of hydrogen-bond donors (Lipinski definition) is 1. The quantitative estimate of drug-likeness (QED) is 0.906. The van der Waals surface area contributed by atoms with Gasteiger partial charge in [0.25, 0.3) is 0 Å². The van der Waals surface area contributed by atoms with E-state index in [0.29, 0.717) is 5.75 Å². The molecule has 0 saturated heterocycles. The van der Waals surface area contributed by atoms with Crippen molar-refractivity contribution in [3.63, 3.8) is 0 Å². The molecule has 106 valence electrons. The van der Waals surface area contributed by atoms with Gasteiger partial charge in [-0.2, -0.15) is 0 Å². The number of methoxy groups -OCH3 is 2. The molecule has 0 saturated carbocycles. The Morgan fingerprint density at radius 1 is 1.00 bits per heavy atom. The van der Waals surface area contributed by atoms with Gasteiger partial charge >= 0.3 is 0 Å². The van der Waals surface area contributed by atoms with Crippen molar-refractivity contribution < 1.29 is 14.6 Å². The molecule has 2 aromatic carbocycles. The van der Waals surface area contributed by atoms with Crippen LogP contribution < -0.4 is 9.47 Å². The fourth-order valence-corrected chi connectivity index (χ4v) is 3.03. The van der Waals surface area contributed by atoms with Gasteiger partial charge in [0.05, 0.1) is 20.3 Å². The topological polar surface area (TPSA) is 38.7 Å². The molecule has 1 N–H and O–H groups in total. The summed E-state index contributed by atoms with van der Waals surface area (Å²) >= 11 is 1.60. The zero-order valence-corrected chi connectivity index (χ0v) is 12.6. The van der Waals surface area contributed by atoms with Gasteiger partial charge in [0, 0.05) is 15.4 Å². The third kappa shape index (κ3) is 3.26. The first-order chi connectivity index (χ1) is 9.65. The van der Waals surface area contributed by atoms with Gasteiger partial charge in [-0.05, 0) is 43.3 Å². The van der Waals surface area contributed by atoms with Crippen molar-refractivity contribution in [1.82, 2.24) is 0 Å². The molecule has 0 heterocycles. The van der Waals surface area contributed by atoms with E-state index >= 15 is 0 Å². The van der Waals surface area contributed by atoms with E-state index in [4.69, 9.17) is 9.47 Å². The van der Waals surface area contributed by atoms with Gasteiger partial charge in [-0.3, -0.25) is 0 Å². The number of rotatable bonds is 5. The van der Waals surface area contributed by atoms with Crippen LogP contribution >= 0.6 is 11.8 Å². The third-order valence-corrected chi connectivity index (χ3v) is 4.03. The first-order valence-electron chi connectivity index (χ1n) is 6.32. The Labute approximate surface area is 123 Å². The van der Waals surface area contributed by atoms with Crippen LogP contribution in [0.5, 0.6) is 11.5 Å². The van der Waals surface area contributed by atoms with E-state index < -0.39 is 6.10 Å². The minimum atomic E-state index is -0.577. The summed E-state index contributed by atoms with van der Waals surface area (Å²) in [7, 11) is 3.26. The average Bonchev–Trinajstić information content (AvgIpc) is 2.47. The van der Waals surface area contributed by atoms with E-state index in [1.165, 1.54) is 0 Å². The average molecular weight is 290 g/mol. The summed E-state index contributed by atoms with van der Waals surface area (Å²) in [5.41, 5.74) is 0.816. The van der Waals surface area contributed by atoms with Crippen LogP contribution in [0.25, 0.3) is 0 Å². The standard InChI is InChI=1S/C16H18O3S/c1-11(17)16-14(19-3)5-4-6-15(16)20-13-9-7-12(18-2)8-10-13/h4-11,17H,1-3H3/t11-/m1/s1. The normalized spacial score (nSPS) is 12.0. The molecule has 4 heteroatoms. The van der Waals surface area contributed by atoms with E-state index in [2.05, 4.69) is 0 Å². The van der Waals surface area contributed by atoms with Crippen LogP contribution in [0.3, 0.4) is 0 Å². The molecule has 0 radical (unpaired) electrons. The molecular weight excluding hydrogens is 272 g/mol. The summed E-state index contributed by atoms with van der Waals surface area (Å²) < 4.78 is 10.5. The molecule has 0 amide bonds. The van der Waals surface area contributed by atoms with Crippen LogP contribution in [0.1, 0.15) is 18.6 Å². The van der Waals surface area contributed by atoms with Gasteiger partial charge in [0.1, 0.15) is 11.5 Å². The van der Waals surface area contributed by atoms with Crippen molar-refractivity contribution in [2.75, 3.05) is 14.2 Å². The van der Waals surface area contributed by atoms with Crippen LogP contribution in [0.4, 0.5) is 0 Å². The van der Waals surface area contributed by atoms with Gasteiger partial charge in [-0.1, -0.05) is 17.8 Å². The first-order valence-corrected chi connectivity index (χ1v) is 7.14. The Balaban J connectivity index is 2.32. The van der Waals surface area contributed by atoms with Crippen molar-refractivity contribution in [3.8, 4) is 11.5 Å². The Hall–Kier alpha value is -1.65. The van der Waals surface area contributed by atoms with Gasteiger partial charge < -0.3 is 14.6 Å². The summed E-state index contributed by atoms with van der Waals surface area (Å²) in [6, 6.07) is 13.6. The number of hydrogen-bond acceptors (Lipinski definition) is 4. The number of aliphatic hydroxyl groups is 1. The number of benzene rings is 2. The Kier molecular flexibility index (Phi) is 4.93. The lowest BCUT2D eigenvalue weighted by atomic mass is 10.1. The van der Waals surface area contributed by atoms with Crippen molar-refractivity contribution in [2.45, 2.75) is 22.8 Å². The Morgan fingerprint density at radius 3 is 2.25 bits per heavy atom. The predicted molar refractivity (Wildman–Crippen MR) is 80.7 cm³/mol. The lowest BCUT2D eigenvalue weighted by molar-refractivity contribution is 0.191. The minimum Gasteiger partial charge on any atom is -0.497 e. The maximum atomic E-state index is 9.96. The first kappa shape index (κ1) is 14.8.